The molecule has 3 aromatic carbocycles. The van der Waals surface area contributed by atoms with Crippen molar-refractivity contribution in [1.29, 1.82) is 0 Å². The van der Waals surface area contributed by atoms with Gasteiger partial charge in [-0.25, -0.2) is 9.59 Å². The zero-order valence-electron chi connectivity index (χ0n) is 17.4. The maximum absolute atomic E-state index is 12.7. The molecular formula is C25H22O7. The molecule has 0 bridgehead atoms. The van der Waals surface area contributed by atoms with Crippen molar-refractivity contribution in [2.24, 2.45) is 0 Å². The van der Waals surface area contributed by atoms with Gasteiger partial charge < -0.3 is 19.3 Å². The van der Waals surface area contributed by atoms with Crippen LogP contribution >= 0.6 is 0 Å². The van der Waals surface area contributed by atoms with E-state index in [1.807, 2.05) is 37.3 Å². The summed E-state index contributed by atoms with van der Waals surface area (Å²) in [6, 6.07) is 18.8. The smallest absolute Gasteiger partial charge is 0.343 e. The molecule has 0 spiro atoms. The zero-order chi connectivity index (χ0) is 22.9. The SMILES string of the molecule is CCCC(=O)Oc1ccc(OC(=O)c2ccc(O)cc2)cc1C(=O)OCc1ccccc1. The lowest BCUT2D eigenvalue weighted by Crippen LogP contribution is -2.14. The van der Waals surface area contributed by atoms with Crippen LogP contribution in [0.15, 0.2) is 72.8 Å². The fourth-order valence-electron chi connectivity index (χ4n) is 2.76. The van der Waals surface area contributed by atoms with Gasteiger partial charge in [-0.05, 0) is 54.4 Å². The molecule has 0 saturated heterocycles. The Morgan fingerprint density at radius 1 is 0.844 bits per heavy atom. The average Bonchev–Trinajstić information content (AvgIpc) is 2.79. The van der Waals surface area contributed by atoms with E-state index < -0.39 is 17.9 Å². The molecule has 3 rings (SSSR count). The minimum Gasteiger partial charge on any atom is -0.508 e. The predicted molar refractivity (Wildman–Crippen MR) is 116 cm³/mol. The minimum atomic E-state index is -0.726. The fourth-order valence-corrected chi connectivity index (χ4v) is 2.76. The highest BCUT2D eigenvalue weighted by atomic mass is 16.6. The third kappa shape index (κ3) is 6.18. The normalized spacial score (nSPS) is 10.3. The summed E-state index contributed by atoms with van der Waals surface area (Å²) in [5.74, 6) is -1.78. The van der Waals surface area contributed by atoms with Crippen LogP contribution in [0.3, 0.4) is 0 Å². The number of rotatable bonds is 8. The monoisotopic (exact) mass is 434 g/mol. The molecule has 0 fully saturated rings. The third-order valence-corrected chi connectivity index (χ3v) is 4.38. The minimum absolute atomic E-state index is 0.0169. The molecule has 0 saturated carbocycles. The van der Waals surface area contributed by atoms with Gasteiger partial charge in [-0.3, -0.25) is 4.79 Å². The molecule has 7 heteroatoms. The topological polar surface area (TPSA) is 99.1 Å². The number of benzene rings is 3. The number of phenolic OH excluding ortho intramolecular Hbond substituents is 1. The lowest BCUT2D eigenvalue weighted by Gasteiger charge is -2.12. The molecule has 0 aliphatic rings. The Hall–Kier alpha value is -4.13. The van der Waals surface area contributed by atoms with Crippen LogP contribution in [0, 0.1) is 0 Å². The molecule has 164 valence electrons. The zero-order valence-corrected chi connectivity index (χ0v) is 17.4. The molecule has 0 unspecified atom stereocenters. The van der Waals surface area contributed by atoms with E-state index in [0.717, 1.165) is 5.56 Å². The summed E-state index contributed by atoms with van der Waals surface area (Å²) < 4.78 is 16.0. The number of carbonyl (C=O) groups is 3. The van der Waals surface area contributed by atoms with Crippen LogP contribution in [-0.4, -0.2) is 23.0 Å². The van der Waals surface area contributed by atoms with Crippen molar-refractivity contribution in [2.45, 2.75) is 26.4 Å². The lowest BCUT2D eigenvalue weighted by molar-refractivity contribution is -0.134. The number of aromatic hydroxyl groups is 1. The largest absolute Gasteiger partial charge is 0.508 e. The molecule has 0 heterocycles. The first-order valence-electron chi connectivity index (χ1n) is 10.0. The van der Waals surface area contributed by atoms with Crippen LogP contribution in [0.2, 0.25) is 0 Å². The second-order valence-electron chi connectivity index (χ2n) is 6.88. The van der Waals surface area contributed by atoms with E-state index in [2.05, 4.69) is 0 Å². The molecule has 0 aliphatic heterocycles. The van der Waals surface area contributed by atoms with E-state index in [1.165, 1.54) is 42.5 Å². The van der Waals surface area contributed by atoms with E-state index in [4.69, 9.17) is 14.2 Å². The van der Waals surface area contributed by atoms with E-state index in [9.17, 15) is 19.5 Å². The van der Waals surface area contributed by atoms with Gasteiger partial charge in [0.05, 0.1) is 5.56 Å². The molecule has 32 heavy (non-hydrogen) atoms. The highest BCUT2D eigenvalue weighted by Crippen LogP contribution is 2.27. The Kier molecular flexibility index (Phi) is 7.59. The Labute approximate surface area is 185 Å². The van der Waals surface area contributed by atoms with Gasteiger partial charge in [0.2, 0.25) is 0 Å². The number of carbonyl (C=O) groups excluding carboxylic acids is 3. The summed E-state index contributed by atoms with van der Waals surface area (Å²) in [6.07, 6.45) is 0.783. The summed E-state index contributed by atoms with van der Waals surface area (Å²) >= 11 is 0. The second kappa shape index (κ2) is 10.8. The van der Waals surface area contributed by atoms with Gasteiger partial charge in [0.1, 0.15) is 29.4 Å². The Bertz CT molecular complexity index is 1090. The van der Waals surface area contributed by atoms with Gasteiger partial charge in [-0.15, -0.1) is 0 Å². The summed E-state index contributed by atoms with van der Waals surface area (Å²) in [5, 5.41) is 9.35. The van der Waals surface area contributed by atoms with E-state index >= 15 is 0 Å². The van der Waals surface area contributed by atoms with Crippen molar-refractivity contribution >= 4 is 17.9 Å². The van der Waals surface area contributed by atoms with E-state index in [-0.39, 0.29) is 41.4 Å². The molecule has 7 nitrogen and oxygen atoms in total. The van der Waals surface area contributed by atoms with Gasteiger partial charge in [-0.1, -0.05) is 37.3 Å². The first-order chi connectivity index (χ1) is 15.5. The quantitative estimate of drug-likeness (QED) is 0.406. The maximum Gasteiger partial charge on any atom is 0.343 e. The average molecular weight is 434 g/mol. The van der Waals surface area contributed by atoms with Crippen molar-refractivity contribution in [3.63, 3.8) is 0 Å². The molecule has 0 aromatic heterocycles. The first kappa shape index (κ1) is 22.6. The summed E-state index contributed by atoms with van der Waals surface area (Å²) in [7, 11) is 0. The fraction of sp³-hybridized carbons (Fsp3) is 0.160. The second-order valence-corrected chi connectivity index (χ2v) is 6.88. The van der Waals surface area contributed by atoms with Crippen molar-refractivity contribution < 1.29 is 33.7 Å². The highest BCUT2D eigenvalue weighted by Gasteiger charge is 2.19. The number of hydrogen-bond acceptors (Lipinski definition) is 7. The molecule has 0 radical (unpaired) electrons. The molecule has 0 amide bonds. The summed E-state index contributed by atoms with van der Waals surface area (Å²) in [4.78, 5) is 37.1. The van der Waals surface area contributed by atoms with Gasteiger partial charge in [-0.2, -0.15) is 0 Å². The molecule has 0 atom stereocenters. The van der Waals surface area contributed by atoms with Crippen molar-refractivity contribution in [1.82, 2.24) is 0 Å². The molecule has 1 N–H and O–H groups in total. The lowest BCUT2D eigenvalue weighted by atomic mass is 10.1. The number of esters is 3. The van der Waals surface area contributed by atoms with Crippen LogP contribution in [-0.2, 0) is 16.1 Å². The highest BCUT2D eigenvalue weighted by molar-refractivity contribution is 5.95. The molecule has 0 aliphatic carbocycles. The van der Waals surface area contributed by atoms with E-state index in [1.54, 1.807) is 0 Å². The Balaban J connectivity index is 1.81. The van der Waals surface area contributed by atoms with Crippen LogP contribution in [0.1, 0.15) is 46.0 Å². The maximum atomic E-state index is 12.7. The first-order valence-corrected chi connectivity index (χ1v) is 10.0. The Morgan fingerprint density at radius 3 is 2.25 bits per heavy atom. The van der Waals surface area contributed by atoms with Gasteiger partial charge in [0.25, 0.3) is 0 Å². The van der Waals surface area contributed by atoms with Crippen LogP contribution < -0.4 is 9.47 Å². The van der Waals surface area contributed by atoms with Gasteiger partial charge >= 0.3 is 17.9 Å². The number of phenols is 1. The molecular weight excluding hydrogens is 412 g/mol. The predicted octanol–water partition coefficient (Wildman–Crippen LogP) is 4.67. The van der Waals surface area contributed by atoms with Crippen molar-refractivity contribution in [2.75, 3.05) is 0 Å². The third-order valence-electron chi connectivity index (χ3n) is 4.38. The number of ether oxygens (including phenoxy) is 3. The van der Waals surface area contributed by atoms with Crippen LogP contribution in [0.25, 0.3) is 0 Å². The summed E-state index contributed by atoms with van der Waals surface area (Å²) in [6.45, 7) is 1.86. The Morgan fingerprint density at radius 2 is 1.56 bits per heavy atom. The van der Waals surface area contributed by atoms with Crippen LogP contribution in [0.5, 0.6) is 17.2 Å². The van der Waals surface area contributed by atoms with E-state index in [0.29, 0.717) is 6.42 Å². The van der Waals surface area contributed by atoms with Crippen molar-refractivity contribution in [3.05, 3.63) is 89.5 Å². The van der Waals surface area contributed by atoms with Crippen molar-refractivity contribution in [3.8, 4) is 17.2 Å². The van der Waals surface area contributed by atoms with Crippen LogP contribution in [0.4, 0.5) is 0 Å². The summed E-state index contributed by atoms with van der Waals surface area (Å²) in [5.41, 5.74) is 0.969. The van der Waals surface area contributed by atoms with Gasteiger partial charge in [0, 0.05) is 6.42 Å². The van der Waals surface area contributed by atoms with Gasteiger partial charge in [0.15, 0.2) is 0 Å². The number of hydrogen-bond donors (Lipinski definition) is 1. The standard InChI is InChI=1S/C25H22O7/c1-2-6-23(27)32-22-14-13-20(31-24(28)18-9-11-19(26)12-10-18)15-21(22)25(29)30-16-17-7-4-3-5-8-17/h3-5,7-15,26H,2,6,16H2,1H3. The molecule has 3 aromatic rings.